The number of carbonyl (C=O) groups is 1. The Bertz CT molecular complexity index is 2140. The Balaban J connectivity index is 1.45. The van der Waals surface area contributed by atoms with Crippen molar-refractivity contribution in [3.05, 3.63) is 125 Å². The van der Waals surface area contributed by atoms with Crippen LogP contribution in [0.3, 0.4) is 0 Å². The van der Waals surface area contributed by atoms with Crippen LogP contribution in [0.4, 0.5) is 5.69 Å². The van der Waals surface area contributed by atoms with E-state index < -0.39 is 0 Å². The molecule has 0 aromatic heterocycles. The second-order valence-electron chi connectivity index (χ2n) is 11.5. The number of hydrogen-bond donors (Lipinski definition) is 3. The topological polar surface area (TPSA) is 84.0 Å². The predicted molar refractivity (Wildman–Crippen MR) is 179 cm³/mol. The number of ketones is 1. The largest absolute Gasteiger partial charge is 0.506 e. The predicted octanol–water partition coefficient (Wildman–Crippen LogP) is 5.87. The van der Waals surface area contributed by atoms with Gasteiger partial charge in [0.2, 0.25) is 11.5 Å². The molecule has 0 bridgehead atoms. The van der Waals surface area contributed by atoms with Gasteiger partial charge in [-0.3, -0.25) is 4.79 Å². The monoisotopic (exact) mass is 581 g/mol. The van der Waals surface area contributed by atoms with Crippen molar-refractivity contribution in [1.29, 1.82) is 0 Å². The number of aliphatic hydroxyl groups is 3. The summed E-state index contributed by atoms with van der Waals surface area (Å²) in [6.07, 6.45) is 3.94. The molecule has 2 aliphatic rings. The zero-order valence-corrected chi connectivity index (χ0v) is 24.7. The van der Waals surface area contributed by atoms with Gasteiger partial charge >= 0.3 is 0 Å². The average molecular weight is 582 g/mol. The minimum Gasteiger partial charge on any atom is -0.506 e. The Morgan fingerprint density at radius 3 is 1.80 bits per heavy atom. The first-order valence-corrected chi connectivity index (χ1v) is 14.8. The molecule has 3 N–H and O–H groups in total. The van der Waals surface area contributed by atoms with Gasteiger partial charge in [0.25, 0.3) is 0 Å². The summed E-state index contributed by atoms with van der Waals surface area (Å²) >= 11 is 0. The Morgan fingerprint density at radius 1 is 0.659 bits per heavy atom. The number of Topliss-reactive ketones (excluding diaryl/α,β-unsaturated/α-hetero) is 1. The smallest absolute Gasteiger partial charge is 0.207 e. The second-order valence-corrected chi connectivity index (χ2v) is 11.5. The molecule has 7 rings (SSSR count). The number of allylic oxidation sites excluding steroid dienone is 5. The van der Waals surface area contributed by atoms with Gasteiger partial charge in [-0.05, 0) is 80.0 Å². The van der Waals surface area contributed by atoms with Crippen LogP contribution < -0.4 is 4.90 Å². The van der Waals surface area contributed by atoms with Crippen molar-refractivity contribution >= 4 is 60.6 Å². The van der Waals surface area contributed by atoms with Gasteiger partial charge in [-0.25, -0.2) is 4.58 Å². The number of fused-ring (bicyclic) bond motifs is 4. The molecule has 5 aromatic carbocycles. The molecule has 0 spiro atoms. The third kappa shape index (κ3) is 4.34. The lowest BCUT2D eigenvalue weighted by Gasteiger charge is -2.29. The van der Waals surface area contributed by atoms with Crippen LogP contribution in [0.5, 0.6) is 0 Å². The molecule has 5 aromatic rings. The highest BCUT2D eigenvalue weighted by Crippen LogP contribution is 2.46. The fourth-order valence-electron chi connectivity index (χ4n) is 6.63. The van der Waals surface area contributed by atoms with Gasteiger partial charge in [-0.15, -0.1) is 0 Å². The molecule has 218 valence electrons. The van der Waals surface area contributed by atoms with E-state index in [4.69, 9.17) is 0 Å². The summed E-state index contributed by atoms with van der Waals surface area (Å²) in [5.41, 5.74) is 5.82. The van der Waals surface area contributed by atoms with Crippen LogP contribution in [-0.2, 0) is 4.79 Å². The minimum absolute atomic E-state index is 0.00755. The summed E-state index contributed by atoms with van der Waals surface area (Å²) in [7, 11) is 4.00. The second kappa shape index (κ2) is 10.9. The van der Waals surface area contributed by atoms with Gasteiger partial charge in [0, 0.05) is 30.2 Å². The zero-order chi connectivity index (χ0) is 30.5. The van der Waals surface area contributed by atoms with E-state index in [9.17, 15) is 20.1 Å². The molecular formula is C38H33N2O4+. The fraction of sp³-hybridized carbons (Fsp3) is 0.158. The molecule has 0 heterocycles. The van der Waals surface area contributed by atoms with Gasteiger partial charge in [0.05, 0.1) is 29.9 Å². The lowest BCUT2D eigenvalue weighted by molar-refractivity contribution is -0.463. The van der Waals surface area contributed by atoms with Gasteiger partial charge in [-0.1, -0.05) is 54.6 Å². The first kappa shape index (κ1) is 27.8. The van der Waals surface area contributed by atoms with E-state index >= 15 is 0 Å². The van der Waals surface area contributed by atoms with Crippen molar-refractivity contribution in [2.24, 2.45) is 0 Å². The van der Waals surface area contributed by atoms with Crippen LogP contribution in [0.2, 0.25) is 0 Å². The number of anilines is 1. The first-order valence-electron chi connectivity index (χ1n) is 14.8. The number of rotatable bonds is 6. The molecule has 6 heteroatoms. The lowest BCUT2D eigenvalue weighted by Crippen LogP contribution is -2.30. The maximum atomic E-state index is 14.1. The zero-order valence-electron chi connectivity index (χ0n) is 24.7. The maximum absolute atomic E-state index is 14.1. The Hall–Kier alpha value is -5.04. The molecule has 0 aliphatic heterocycles. The van der Waals surface area contributed by atoms with E-state index in [-0.39, 0.29) is 24.8 Å². The van der Waals surface area contributed by atoms with Crippen LogP contribution in [0.15, 0.2) is 108 Å². The average Bonchev–Trinajstić information content (AvgIpc) is 3.03. The van der Waals surface area contributed by atoms with Crippen molar-refractivity contribution in [2.45, 2.75) is 0 Å². The summed E-state index contributed by atoms with van der Waals surface area (Å²) in [4.78, 5) is 16.0. The van der Waals surface area contributed by atoms with E-state index in [1.54, 1.807) is 0 Å². The molecular weight excluding hydrogens is 548 g/mol. The number of benzene rings is 5. The van der Waals surface area contributed by atoms with E-state index in [2.05, 4.69) is 41.0 Å². The van der Waals surface area contributed by atoms with Gasteiger partial charge in [-0.2, -0.15) is 0 Å². The van der Waals surface area contributed by atoms with E-state index in [1.807, 2.05) is 79.7 Å². The Morgan fingerprint density at radius 2 is 1.23 bits per heavy atom. The van der Waals surface area contributed by atoms with Crippen molar-refractivity contribution in [1.82, 2.24) is 0 Å². The van der Waals surface area contributed by atoms with Crippen LogP contribution in [0, 0.1) is 0 Å². The third-order valence-corrected chi connectivity index (χ3v) is 8.75. The highest BCUT2D eigenvalue weighted by molar-refractivity contribution is 6.43. The van der Waals surface area contributed by atoms with Crippen LogP contribution >= 0.6 is 0 Å². The number of nitrogens with zero attached hydrogens (tertiary/aromatic N) is 2. The van der Waals surface area contributed by atoms with Crippen molar-refractivity contribution in [3.63, 3.8) is 0 Å². The van der Waals surface area contributed by atoms with Crippen molar-refractivity contribution < 1.29 is 24.7 Å². The highest BCUT2D eigenvalue weighted by Gasteiger charge is 2.39. The normalized spacial score (nSPS) is 16.2. The molecule has 6 nitrogen and oxygen atoms in total. The SMILES string of the molecule is C[N+](C)=C1C=CC(=C2C(=O)C(c3ccc(N(CCO)CCO)c4cc5ccccc5cc34)=C2O)c2cc3ccccc3cc21. The van der Waals surface area contributed by atoms with E-state index in [1.165, 1.54) is 0 Å². The standard InChI is InChI=1S/C38H32N2O4/c1-39(2)33-13-11-27(29-19-23-7-3-5-9-25(23)21-31(29)33)35-37(43)36(38(35)44)28-12-14-34(40(15-17-41)16-18-42)32-22-26-10-6-4-8-24(26)20-30(28)32/h3-14,19-22,41-42H,15-18H2,1-2H3/p+1. The van der Waals surface area contributed by atoms with Crippen molar-refractivity contribution in [3.8, 4) is 0 Å². The van der Waals surface area contributed by atoms with Gasteiger partial charge < -0.3 is 20.2 Å². The first-order chi connectivity index (χ1) is 21.4. The quantitative estimate of drug-likeness (QED) is 0.133. The highest BCUT2D eigenvalue weighted by atomic mass is 16.3. The molecule has 44 heavy (non-hydrogen) atoms. The van der Waals surface area contributed by atoms with E-state index in [0.717, 1.165) is 54.8 Å². The van der Waals surface area contributed by atoms with Crippen molar-refractivity contribution in [2.75, 3.05) is 45.3 Å². The number of hydrogen-bond acceptors (Lipinski definition) is 5. The van der Waals surface area contributed by atoms with Crippen LogP contribution in [0.1, 0.15) is 16.7 Å². The summed E-state index contributed by atoms with van der Waals surface area (Å²) in [5.74, 6) is -0.203. The summed E-state index contributed by atoms with van der Waals surface area (Å²) in [6.45, 7) is 0.597. The molecule has 0 unspecified atom stereocenters. The summed E-state index contributed by atoms with van der Waals surface area (Å²) in [6, 6.07) is 28.4. The molecule has 0 saturated carbocycles. The number of carbonyl (C=O) groups excluding carboxylic acids is 1. The van der Waals surface area contributed by atoms with Gasteiger partial charge in [0.15, 0.2) is 0 Å². The summed E-state index contributed by atoms with van der Waals surface area (Å²) < 4.78 is 2.06. The van der Waals surface area contributed by atoms with Crippen LogP contribution in [-0.4, -0.2) is 71.8 Å². The fourth-order valence-corrected chi connectivity index (χ4v) is 6.63. The Kier molecular flexibility index (Phi) is 6.88. The molecule has 2 aliphatic carbocycles. The van der Waals surface area contributed by atoms with Gasteiger partial charge in [0.1, 0.15) is 19.9 Å². The third-order valence-electron chi connectivity index (χ3n) is 8.75. The van der Waals surface area contributed by atoms with Crippen LogP contribution in [0.25, 0.3) is 43.5 Å². The Labute approximate surface area is 255 Å². The number of aliphatic hydroxyl groups excluding tert-OH is 3. The molecule has 0 atom stereocenters. The summed E-state index contributed by atoms with van der Waals surface area (Å²) in [5, 5.41) is 37.1. The molecule has 0 saturated heterocycles. The maximum Gasteiger partial charge on any atom is 0.207 e. The molecule has 0 radical (unpaired) electrons. The van der Waals surface area contributed by atoms with E-state index in [0.29, 0.717) is 35.4 Å². The lowest BCUT2D eigenvalue weighted by atomic mass is 9.75. The molecule has 0 amide bonds. The minimum atomic E-state index is -0.195. The molecule has 0 fully saturated rings.